The van der Waals surface area contributed by atoms with Crippen LogP contribution in [0.1, 0.15) is 44.9 Å². The molecule has 0 radical (unpaired) electrons. The fourth-order valence-corrected chi connectivity index (χ4v) is 5.73. The third-order valence-electron chi connectivity index (χ3n) is 6.75. The Labute approximate surface area is 117 Å². The normalized spacial score (nSPS) is 47.5. The molecule has 0 amide bonds. The molecule has 0 aromatic rings. The van der Waals surface area contributed by atoms with Crippen LogP contribution in [0.25, 0.3) is 0 Å². The van der Waals surface area contributed by atoms with Crippen LogP contribution >= 0.6 is 0 Å². The SMILES string of the molecule is NCC1(N2CCC(N3CCCC3)C2)CC2CCC1C2. The van der Waals surface area contributed by atoms with E-state index in [1.807, 2.05) is 0 Å². The van der Waals surface area contributed by atoms with Gasteiger partial charge in [0.05, 0.1) is 0 Å². The summed E-state index contributed by atoms with van der Waals surface area (Å²) < 4.78 is 0. The van der Waals surface area contributed by atoms with E-state index in [1.54, 1.807) is 0 Å². The first-order chi connectivity index (χ1) is 9.32. The first kappa shape index (κ1) is 12.6. The Morgan fingerprint density at radius 1 is 1.05 bits per heavy atom. The van der Waals surface area contributed by atoms with E-state index in [0.29, 0.717) is 5.54 Å². The zero-order valence-electron chi connectivity index (χ0n) is 12.2. The Bertz CT molecular complexity index is 339. The maximum Gasteiger partial charge on any atom is 0.0363 e. The number of hydrogen-bond acceptors (Lipinski definition) is 3. The van der Waals surface area contributed by atoms with E-state index in [1.165, 1.54) is 71.1 Å². The Hall–Kier alpha value is -0.120. The summed E-state index contributed by atoms with van der Waals surface area (Å²) in [5, 5.41) is 0. The highest BCUT2D eigenvalue weighted by atomic mass is 15.3. The molecular formula is C16H29N3. The smallest absolute Gasteiger partial charge is 0.0363 e. The van der Waals surface area contributed by atoms with Gasteiger partial charge in [-0.05, 0) is 63.5 Å². The van der Waals surface area contributed by atoms with Crippen molar-refractivity contribution < 1.29 is 0 Å². The van der Waals surface area contributed by atoms with Crippen molar-refractivity contribution in [2.45, 2.75) is 56.5 Å². The molecule has 108 valence electrons. The third-order valence-corrected chi connectivity index (χ3v) is 6.75. The van der Waals surface area contributed by atoms with Crippen molar-refractivity contribution in [1.29, 1.82) is 0 Å². The van der Waals surface area contributed by atoms with Crippen molar-refractivity contribution in [1.82, 2.24) is 9.80 Å². The second-order valence-corrected chi connectivity index (χ2v) is 7.52. The number of nitrogens with zero attached hydrogens (tertiary/aromatic N) is 2. The Morgan fingerprint density at radius 3 is 2.53 bits per heavy atom. The number of likely N-dealkylation sites (tertiary alicyclic amines) is 2. The average Bonchev–Trinajstić information content (AvgIpc) is 3.18. The van der Waals surface area contributed by atoms with Crippen molar-refractivity contribution in [3.63, 3.8) is 0 Å². The van der Waals surface area contributed by atoms with E-state index in [2.05, 4.69) is 9.80 Å². The summed E-state index contributed by atoms with van der Waals surface area (Å²) >= 11 is 0. The van der Waals surface area contributed by atoms with Gasteiger partial charge in [-0.1, -0.05) is 6.42 Å². The van der Waals surface area contributed by atoms with Gasteiger partial charge in [0, 0.05) is 31.2 Å². The third kappa shape index (κ3) is 1.89. The van der Waals surface area contributed by atoms with Crippen molar-refractivity contribution >= 4 is 0 Å². The predicted octanol–water partition coefficient (Wildman–Crippen LogP) is 1.67. The summed E-state index contributed by atoms with van der Waals surface area (Å²) in [5.74, 6) is 1.92. The summed E-state index contributed by atoms with van der Waals surface area (Å²) in [4.78, 5) is 5.57. The van der Waals surface area contributed by atoms with Gasteiger partial charge in [0.1, 0.15) is 0 Å². The highest BCUT2D eigenvalue weighted by molar-refractivity contribution is 5.10. The molecule has 2 saturated carbocycles. The number of fused-ring (bicyclic) bond motifs is 2. The molecular weight excluding hydrogens is 234 g/mol. The summed E-state index contributed by atoms with van der Waals surface area (Å²) in [7, 11) is 0. The number of rotatable bonds is 3. The van der Waals surface area contributed by atoms with Crippen molar-refractivity contribution in [2.75, 3.05) is 32.7 Å². The zero-order valence-corrected chi connectivity index (χ0v) is 12.2. The van der Waals surface area contributed by atoms with Crippen molar-refractivity contribution in [3.05, 3.63) is 0 Å². The molecule has 3 heteroatoms. The first-order valence-electron chi connectivity index (χ1n) is 8.51. The maximum atomic E-state index is 6.28. The summed E-state index contributed by atoms with van der Waals surface area (Å²) in [6, 6.07) is 0.838. The van der Waals surface area contributed by atoms with E-state index in [0.717, 1.165) is 24.4 Å². The molecule has 19 heavy (non-hydrogen) atoms. The topological polar surface area (TPSA) is 32.5 Å². The average molecular weight is 263 g/mol. The number of hydrogen-bond donors (Lipinski definition) is 1. The highest BCUT2D eigenvalue weighted by Gasteiger charge is 2.54. The van der Waals surface area contributed by atoms with Crippen LogP contribution in [-0.2, 0) is 0 Å². The van der Waals surface area contributed by atoms with Crippen LogP contribution in [0.2, 0.25) is 0 Å². The molecule has 0 spiro atoms. The van der Waals surface area contributed by atoms with Crippen LogP contribution in [0.3, 0.4) is 0 Å². The molecule has 2 bridgehead atoms. The van der Waals surface area contributed by atoms with Crippen LogP contribution in [0, 0.1) is 11.8 Å². The maximum absolute atomic E-state index is 6.28. The first-order valence-corrected chi connectivity index (χ1v) is 8.51. The van der Waals surface area contributed by atoms with E-state index >= 15 is 0 Å². The van der Waals surface area contributed by atoms with Gasteiger partial charge < -0.3 is 5.73 Å². The van der Waals surface area contributed by atoms with Gasteiger partial charge in [0.15, 0.2) is 0 Å². The van der Waals surface area contributed by atoms with Gasteiger partial charge in [0.2, 0.25) is 0 Å². The summed E-state index contributed by atoms with van der Waals surface area (Å²) in [6.45, 7) is 6.21. The Balaban J connectivity index is 1.47. The minimum Gasteiger partial charge on any atom is -0.329 e. The molecule has 2 heterocycles. The standard InChI is InChI=1S/C16H29N3/c17-12-16(10-13-3-4-14(16)9-13)19-8-5-15(11-19)18-6-1-2-7-18/h13-15H,1-12,17H2. The van der Waals surface area contributed by atoms with Crippen LogP contribution < -0.4 is 5.73 Å². The molecule has 4 rings (SSSR count). The molecule has 2 aliphatic carbocycles. The predicted molar refractivity (Wildman–Crippen MR) is 78.0 cm³/mol. The molecule has 4 unspecified atom stereocenters. The molecule has 2 N–H and O–H groups in total. The minimum atomic E-state index is 0.400. The molecule has 4 atom stereocenters. The van der Waals surface area contributed by atoms with E-state index in [9.17, 15) is 0 Å². The molecule has 2 saturated heterocycles. The monoisotopic (exact) mass is 263 g/mol. The van der Waals surface area contributed by atoms with Gasteiger partial charge in [-0.3, -0.25) is 9.80 Å². The Kier molecular flexibility index (Phi) is 3.13. The van der Waals surface area contributed by atoms with Crippen LogP contribution in [0.5, 0.6) is 0 Å². The fourth-order valence-electron chi connectivity index (χ4n) is 5.73. The van der Waals surface area contributed by atoms with Crippen molar-refractivity contribution in [3.8, 4) is 0 Å². The highest BCUT2D eigenvalue weighted by Crippen LogP contribution is 2.53. The van der Waals surface area contributed by atoms with Gasteiger partial charge in [-0.2, -0.15) is 0 Å². The van der Waals surface area contributed by atoms with Crippen LogP contribution in [0.15, 0.2) is 0 Å². The van der Waals surface area contributed by atoms with E-state index in [-0.39, 0.29) is 0 Å². The lowest BCUT2D eigenvalue weighted by atomic mass is 9.79. The second-order valence-electron chi connectivity index (χ2n) is 7.52. The molecule has 3 nitrogen and oxygen atoms in total. The summed E-state index contributed by atoms with van der Waals surface area (Å²) in [5.41, 5.74) is 6.68. The van der Waals surface area contributed by atoms with Gasteiger partial charge >= 0.3 is 0 Å². The fraction of sp³-hybridized carbons (Fsp3) is 1.00. The minimum absolute atomic E-state index is 0.400. The quantitative estimate of drug-likeness (QED) is 0.841. The van der Waals surface area contributed by atoms with E-state index < -0.39 is 0 Å². The molecule has 2 aliphatic heterocycles. The lowest BCUT2D eigenvalue weighted by Gasteiger charge is -2.45. The zero-order chi connectivity index (χ0) is 12.9. The lowest BCUT2D eigenvalue weighted by Crippen LogP contribution is -2.57. The van der Waals surface area contributed by atoms with E-state index in [4.69, 9.17) is 5.73 Å². The van der Waals surface area contributed by atoms with Crippen LogP contribution in [0.4, 0.5) is 0 Å². The van der Waals surface area contributed by atoms with Gasteiger partial charge in [-0.15, -0.1) is 0 Å². The van der Waals surface area contributed by atoms with Gasteiger partial charge in [0.25, 0.3) is 0 Å². The molecule has 0 aromatic carbocycles. The van der Waals surface area contributed by atoms with Crippen LogP contribution in [-0.4, -0.2) is 54.1 Å². The van der Waals surface area contributed by atoms with Gasteiger partial charge in [-0.25, -0.2) is 0 Å². The number of nitrogens with two attached hydrogens (primary N) is 1. The van der Waals surface area contributed by atoms with Crippen molar-refractivity contribution in [2.24, 2.45) is 17.6 Å². The Morgan fingerprint density at radius 2 is 1.89 bits per heavy atom. The molecule has 4 aliphatic rings. The largest absolute Gasteiger partial charge is 0.329 e. The second kappa shape index (κ2) is 4.71. The summed E-state index contributed by atoms with van der Waals surface area (Å²) in [6.07, 6.45) is 10.0. The molecule has 4 fully saturated rings. The molecule has 0 aromatic heterocycles. The lowest BCUT2D eigenvalue weighted by molar-refractivity contribution is 0.0565.